The first-order chi connectivity index (χ1) is 11.2. The van der Waals surface area contributed by atoms with Crippen molar-refractivity contribution < 1.29 is 0 Å². The zero-order valence-corrected chi connectivity index (χ0v) is 13.7. The summed E-state index contributed by atoms with van der Waals surface area (Å²) in [6.45, 7) is 2.98. The van der Waals surface area contributed by atoms with E-state index in [0.29, 0.717) is 6.04 Å². The summed E-state index contributed by atoms with van der Waals surface area (Å²) in [5.41, 5.74) is 1.03. The molecule has 0 aliphatic carbocycles. The highest BCUT2D eigenvalue weighted by atomic mass is 15.2. The topological polar surface area (TPSA) is 70.1 Å². The van der Waals surface area contributed by atoms with Gasteiger partial charge >= 0.3 is 0 Å². The lowest BCUT2D eigenvalue weighted by atomic mass is 10.0. The number of hydrogen-bond acceptors (Lipinski definition) is 7. The van der Waals surface area contributed by atoms with Gasteiger partial charge in [0.2, 0.25) is 0 Å². The van der Waals surface area contributed by atoms with Gasteiger partial charge in [-0.15, -0.1) is 0 Å². The second kappa shape index (κ2) is 7.32. The van der Waals surface area contributed by atoms with Crippen LogP contribution in [0.2, 0.25) is 0 Å². The number of hydrogen-bond donors (Lipinski definition) is 1. The van der Waals surface area contributed by atoms with E-state index in [1.165, 1.54) is 0 Å². The summed E-state index contributed by atoms with van der Waals surface area (Å²) < 4.78 is 0. The molecular weight excluding hydrogens is 290 g/mol. The molecule has 1 saturated heterocycles. The van der Waals surface area contributed by atoms with E-state index < -0.39 is 0 Å². The van der Waals surface area contributed by atoms with Crippen LogP contribution in [-0.4, -0.2) is 58.3 Å². The molecule has 0 bridgehead atoms. The van der Waals surface area contributed by atoms with Crippen molar-refractivity contribution in [3.63, 3.8) is 0 Å². The lowest BCUT2D eigenvalue weighted by Crippen LogP contribution is -2.39. The van der Waals surface area contributed by atoms with Crippen LogP contribution in [0.15, 0.2) is 30.7 Å². The molecule has 0 atom stereocenters. The molecule has 3 heterocycles. The van der Waals surface area contributed by atoms with Crippen LogP contribution in [0.1, 0.15) is 18.5 Å². The molecule has 0 amide bonds. The van der Waals surface area contributed by atoms with Crippen molar-refractivity contribution in [3.8, 4) is 0 Å². The predicted octanol–water partition coefficient (Wildman–Crippen LogP) is 1.41. The molecular formula is C16H23N7. The predicted molar refractivity (Wildman–Crippen MR) is 90.3 cm³/mol. The molecule has 2 aromatic heterocycles. The largest absolute Gasteiger partial charge is 0.367 e. The molecule has 0 spiro atoms. The number of piperidine rings is 1. The molecule has 2 aromatic rings. The van der Waals surface area contributed by atoms with E-state index in [2.05, 4.69) is 30.4 Å². The average molecular weight is 313 g/mol. The summed E-state index contributed by atoms with van der Waals surface area (Å²) in [7, 11) is 3.97. The molecule has 0 aromatic carbocycles. The van der Waals surface area contributed by atoms with Crippen molar-refractivity contribution in [3.05, 3.63) is 36.4 Å². The summed E-state index contributed by atoms with van der Waals surface area (Å²) in [5, 5.41) is 11.6. The number of aromatic nitrogens is 4. The second-order valence-corrected chi connectivity index (χ2v) is 6.07. The zero-order chi connectivity index (χ0) is 16.1. The van der Waals surface area contributed by atoms with Gasteiger partial charge in [-0.2, -0.15) is 10.2 Å². The van der Waals surface area contributed by atoms with E-state index in [1.807, 2.05) is 37.2 Å². The highest BCUT2D eigenvalue weighted by molar-refractivity contribution is 5.47. The average Bonchev–Trinajstić information content (AvgIpc) is 2.58. The van der Waals surface area contributed by atoms with E-state index in [1.54, 1.807) is 12.5 Å². The minimum atomic E-state index is 0.456. The van der Waals surface area contributed by atoms with Gasteiger partial charge in [0.05, 0.1) is 5.69 Å². The van der Waals surface area contributed by atoms with Crippen molar-refractivity contribution in [1.82, 2.24) is 25.1 Å². The van der Waals surface area contributed by atoms with Crippen molar-refractivity contribution in [2.45, 2.75) is 25.4 Å². The molecule has 0 unspecified atom stereocenters. The van der Waals surface area contributed by atoms with Crippen molar-refractivity contribution in [1.29, 1.82) is 0 Å². The van der Waals surface area contributed by atoms with Crippen LogP contribution in [0.5, 0.6) is 0 Å². The summed E-state index contributed by atoms with van der Waals surface area (Å²) in [5.74, 6) is 1.82. The Bertz CT molecular complexity index is 609. The number of likely N-dealkylation sites (tertiary alicyclic amines) is 1. The van der Waals surface area contributed by atoms with Crippen LogP contribution < -0.4 is 10.2 Å². The number of rotatable bonds is 5. The summed E-state index contributed by atoms with van der Waals surface area (Å²) >= 11 is 0. The van der Waals surface area contributed by atoms with Gasteiger partial charge in [0, 0.05) is 52.0 Å². The third-order valence-electron chi connectivity index (χ3n) is 4.06. The van der Waals surface area contributed by atoms with Gasteiger partial charge in [-0.3, -0.25) is 4.90 Å². The molecule has 122 valence electrons. The van der Waals surface area contributed by atoms with Crippen LogP contribution in [0.25, 0.3) is 0 Å². The van der Waals surface area contributed by atoms with Gasteiger partial charge in [0.1, 0.15) is 18.0 Å². The van der Waals surface area contributed by atoms with Gasteiger partial charge < -0.3 is 10.2 Å². The molecule has 3 rings (SSSR count). The van der Waals surface area contributed by atoms with Gasteiger partial charge in [0.25, 0.3) is 0 Å². The summed E-state index contributed by atoms with van der Waals surface area (Å²) in [6, 6.07) is 6.42. The smallest absolute Gasteiger partial charge is 0.133 e. The SMILES string of the molecule is CN(C)c1cc(NC2CCN(Cc3cccnn3)CC2)ncn1. The Hall–Kier alpha value is -2.28. The molecule has 7 heteroatoms. The molecule has 1 aliphatic heterocycles. The minimum Gasteiger partial charge on any atom is -0.367 e. The van der Waals surface area contributed by atoms with Gasteiger partial charge in [-0.05, 0) is 25.0 Å². The first kappa shape index (κ1) is 15.6. The van der Waals surface area contributed by atoms with Crippen LogP contribution in [0.3, 0.4) is 0 Å². The molecule has 1 N–H and O–H groups in total. The second-order valence-electron chi connectivity index (χ2n) is 6.07. The Morgan fingerprint density at radius 1 is 1.26 bits per heavy atom. The van der Waals surface area contributed by atoms with Gasteiger partial charge in [-0.25, -0.2) is 9.97 Å². The molecule has 0 saturated carbocycles. The first-order valence-electron chi connectivity index (χ1n) is 7.95. The molecule has 1 fully saturated rings. The van der Waals surface area contributed by atoms with Gasteiger partial charge in [0.15, 0.2) is 0 Å². The molecule has 0 radical (unpaired) electrons. The Kier molecular flexibility index (Phi) is 4.97. The third kappa shape index (κ3) is 4.35. The van der Waals surface area contributed by atoms with E-state index in [9.17, 15) is 0 Å². The maximum absolute atomic E-state index is 4.32. The summed E-state index contributed by atoms with van der Waals surface area (Å²) in [4.78, 5) is 13.0. The summed E-state index contributed by atoms with van der Waals surface area (Å²) in [6.07, 6.45) is 5.52. The highest BCUT2D eigenvalue weighted by Crippen LogP contribution is 2.18. The van der Waals surface area contributed by atoms with Crippen LogP contribution >= 0.6 is 0 Å². The van der Waals surface area contributed by atoms with E-state index >= 15 is 0 Å². The quantitative estimate of drug-likeness (QED) is 0.895. The zero-order valence-electron chi connectivity index (χ0n) is 13.7. The van der Waals surface area contributed by atoms with Crippen molar-refractivity contribution >= 4 is 11.6 Å². The number of anilines is 2. The normalized spacial score (nSPS) is 16.3. The maximum atomic E-state index is 4.32. The first-order valence-corrected chi connectivity index (χ1v) is 7.95. The van der Waals surface area contributed by atoms with E-state index in [0.717, 1.165) is 49.8 Å². The minimum absolute atomic E-state index is 0.456. The highest BCUT2D eigenvalue weighted by Gasteiger charge is 2.20. The fraction of sp³-hybridized carbons (Fsp3) is 0.500. The Labute approximate surface area is 136 Å². The Balaban J connectivity index is 1.50. The Morgan fingerprint density at radius 2 is 2.09 bits per heavy atom. The van der Waals surface area contributed by atoms with Crippen LogP contribution in [0, 0.1) is 0 Å². The van der Waals surface area contributed by atoms with Crippen molar-refractivity contribution in [2.75, 3.05) is 37.4 Å². The fourth-order valence-electron chi connectivity index (χ4n) is 2.76. The third-order valence-corrected chi connectivity index (χ3v) is 4.06. The lowest BCUT2D eigenvalue weighted by molar-refractivity contribution is 0.208. The van der Waals surface area contributed by atoms with Crippen molar-refractivity contribution in [2.24, 2.45) is 0 Å². The molecule has 7 nitrogen and oxygen atoms in total. The Morgan fingerprint density at radius 3 is 2.78 bits per heavy atom. The standard InChI is InChI=1S/C16H23N7/c1-22(2)16-10-15(17-12-18-16)20-13-5-8-23(9-6-13)11-14-4-3-7-19-21-14/h3-4,7,10,12-13H,5-6,8-9,11H2,1-2H3,(H,17,18,20). The molecule has 23 heavy (non-hydrogen) atoms. The van der Waals surface area contributed by atoms with E-state index in [-0.39, 0.29) is 0 Å². The number of nitrogens with zero attached hydrogens (tertiary/aromatic N) is 6. The monoisotopic (exact) mass is 313 g/mol. The lowest BCUT2D eigenvalue weighted by Gasteiger charge is -2.32. The number of nitrogens with one attached hydrogen (secondary N) is 1. The maximum Gasteiger partial charge on any atom is 0.133 e. The fourth-order valence-corrected chi connectivity index (χ4v) is 2.76. The van der Waals surface area contributed by atoms with Gasteiger partial charge in [-0.1, -0.05) is 0 Å². The van der Waals surface area contributed by atoms with Crippen LogP contribution in [0.4, 0.5) is 11.6 Å². The molecule has 1 aliphatic rings. The van der Waals surface area contributed by atoms with E-state index in [4.69, 9.17) is 0 Å². The van der Waals surface area contributed by atoms with Crippen LogP contribution in [-0.2, 0) is 6.54 Å².